The van der Waals surface area contributed by atoms with Crippen molar-refractivity contribution in [2.75, 3.05) is 10.2 Å². The van der Waals surface area contributed by atoms with E-state index in [1.807, 2.05) is 66.4 Å². The Morgan fingerprint density at radius 1 is 0.926 bits per heavy atom. The molecule has 0 aliphatic carbocycles. The average Bonchev–Trinajstić information content (AvgIpc) is 2.69. The molecule has 1 aliphatic rings. The number of aryl methyl sites for hydroxylation is 1. The van der Waals surface area contributed by atoms with Gasteiger partial charge in [-0.05, 0) is 56.2 Å². The molecule has 0 radical (unpaired) electrons. The second kappa shape index (κ2) is 7.28. The lowest BCUT2D eigenvalue weighted by atomic mass is 9.90. The monoisotopic (exact) mass is 356 g/mol. The second-order valence-corrected chi connectivity index (χ2v) is 7.25. The van der Waals surface area contributed by atoms with Crippen LogP contribution in [0, 0.1) is 6.92 Å². The Morgan fingerprint density at radius 3 is 2.33 bits per heavy atom. The van der Waals surface area contributed by atoms with E-state index in [1.165, 1.54) is 5.56 Å². The van der Waals surface area contributed by atoms with Gasteiger partial charge in [0.15, 0.2) is 0 Å². The molecule has 3 aromatic rings. The molecule has 1 amide bonds. The van der Waals surface area contributed by atoms with Crippen LogP contribution in [0.5, 0.6) is 0 Å². The van der Waals surface area contributed by atoms with Crippen LogP contribution in [0.15, 0.2) is 78.9 Å². The lowest BCUT2D eigenvalue weighted by Crippen LogP contribution is -2.44. The normalized spacial score (nSPS) is 18.7. The van der Waals surface area contributed by atoms with E-state index in [1.54, 1.807) is 0 Å². The van der Waals surface area contributed by atoms with E-state index >= 15 is 0 Å². The highest BCUT2D eigenvalue weighted by Gasteiger charge is 2.33. The Balaban J connectivity index is 1.68. The van der Waals surface area contributed by atoms with E-state index < -0.39 is 0 Å². The van der Waals surface area contributed by atoms with Crippen LogP contribution in [-0.2, 0) is 0 Å². The lowest BCUT2D eigenvalue weighted by Gasteiger charge is -2.40. The van der Waals surface area contributed by atoms with Gasteiger partial charge < -0.3 is 10.2 Å². The third-order valence-electron chi connectivity index (χ3n) is 5.22. The molecule has 1 aliphatic heterocycles. The molecule has 3 aromatic carbocycles. The zero-order chi connectivity index (χ0) is 18.8. The first-order valence-electron chi connectivity index (χ1n) is 9.44. The summed E-state index contributed by atoms with van der Waals surface area (Å²) in [6.07, 6.45) is 0.865. The first-order valence-corrected chi connectivity index (χ1v) is 9.44. The molecule has 0 unspecified atom stereocenters. The van der Waals surface area contributed by atoms with Gasteiger partial charge in [-0.1, -0.05) is 54.1 Å². The van der Waals surface area contributed by atoms with Crippen molar-refractivity contribution in [3.8, 4) is 0 Å². The first-order chi connectivity index (χ1) is 13.1. The predicted molar refractivity (Wildman–Crippen MR) is 111 cm³/mol. The number of benzene rings is 3. The fourth-order valence-electron chi connectivity index (χ4n) is 3.83. The number of para-hydroxylation sites is 2. The number of amides is 1. The van der Waals surface area contributed by atoms with E-state index in [0.29, 0.717) is 0 Å². The first kappa shape index (κ1) is 17.3. The number of rotatable bonds is 3. The van der Waals surface area contributed by atoms with Crippen LogP contribution in [0.4, 0.5) is 11.4 Å². The topological polar surface area (TPSA) is 32.3 Å². The van der Waals surface area contributed by atoms with Crippen LogP contribution in [0.25, 0.3) is 0 Å². The SMILES string of the molecule is Cc1ccc(C(=O)N2c3ccccc3[C@H](Nc3ccccc3)C[C@@H]2C)cc1. The molecule has 1 heterocycles. The van der Waals surface area contributed by atoms with E-state index in [-0.39, 0.29) is 18.0 Å². The second-order valence-electron chi connectivity index (χ2n) is 7.25. The highest BCUT2D eigenvalue weighted by Crippen LogP contribution is 2.39. The van der Waals surface area contributed by atoms with E-state index in [9.17, 15) is 4.79 Å². The van der Waals surface area contributed by atoms with Gasteiger partial charge in [0.05, 0.1) is 6.04 Å². The number of nitrogens with zero attached hydrogens (tertiary/aromatic N) is 1. The van der Waals surface area contributed by atoms with Crippen molar-refractivity contribution in [3.05, 3.63) is 95.6 Å². The summed E-state index contributed by atoms with van der Waals surface area (Å²) in [7, 11) is 0. The minimum absolute atomic E-state index is 0.0631. The third-order valence-corrected chi connectivity index (χ3v) is 5.22. The van der Waals surface area contributed by atoms with Gasteiger partial charge in [0.1, 0.15) is 0 Å². The number of anilines is 2. The molecule has 3 nitrogen and oxygen atoms in total. The molecule has 2 atom stereocenters. The van der Waals surface area contributed by atoms with Gasteiger partial charge in [-0.15, -0.1) is 0 Å². The summed E-state index contributed by atoms with van der Waals surface area (Å²) in [6.45, 7) is 4.16. The van der Waals surface area contributed by atoms with Crippen LogP contribution in [0.2, 0.25) is 0 Å². The number of carbonyl (C=O) groups excluding carboxylic acids is 1. The fraction of sp³-hybridized carbons (Fsp3) is 0.208. The molecule has 1 N–H and O–H groups in total. The van der Waals surface area contributed by atoms with Gasteiger partial charge in [0, 0.05) is 23.0 Å². The van der Waals surface area contributed by atoms with Crippen molar-refractivity contribution in [1.29, 1.82) is 0 Å². The van der Waals surface area contributed by atoms with Gasteiger partial charge in [-0.25, -0.2) is 0 Å². The quantitative estimate of drug-likeness (QED) is 0.664. The molecule has 0 saturated heterocycles. The molecular formula is C24H24N2O. The summed E-state index contributed by atoms with van der Waals surface area (Å²) in [5.74, 6) is 0.0631. The minimum atomic E-state index is 0.0631. The highest BCUT2D eigenvalue weighted by atomic mass is 16.2. The Kier molecular flexibility index (Phi) is 4.68. The van der Waals surface area contributed by atoms with Crippen molar-refractivity contribution in [3.63, 3.8) is 0 Å². The number of carbonyl (C=O) groups is 1. The van der Waals surface area contributed by atoms with Crippen LogP contribution in [-0.4, -0.2) is 11.9 Å². The van der Waals surface area contributed by atoms with Crippen molar-refractivity contribution in [2.45, 2.75) is 32.4 Å². The Bertz CT molecular complexity index is 934. The highest BCUT2D eigenvalue weighted by molar-refractivity contribution is 6.07. The number of fused-ring (bicyclic) bond motifs is 1. The summed E-state index contributed by atoms with van der Waals surface area (Å²) in [5.41, 5.74) is 5.15. The molecule has 136 valence electrons. The van der Waals surface area contributed by atoms with E-state index in [4.69, 9.17) is 0 Å². The molecule has 0 saturated carbocycles. The largest absolute Gasteiger partial charge is 0.378 e. The molecular weight excluding hydrogens is 332 g/mol. The zero-order valence-corrected chi connectivity index (χ0v) is 15.7. The smallest absolute Gasteiger partial charge is 0.258 e. The van der Waals surface area contributed by atoms with Crippen LogP contribution < -0.4 is 10.2 Å². The van der Waals surface area contributed by atoms with Gasteiger partial charge in [-0.2, -0.15) is 0 Å². The number of nitrogens with one attached hydrogen (secondary N) is 1. The summed E-state index contributed by atoms with van der Waals surface area (Å²) >= 11 is 0. The molecule has 0 spiro atoms. The van der Waals surface area contributed by atoms with Gasteiger partial charge in [0.2, 0.25) is 0 Å². The van der Waals surface area contributed by atoms with Crippen molar-refractivity contribution < 1.29 is 4.79 Å². The van der Waals surface area contributed by atoms with Crippen LogP contribution >= 0.6 is 0 Å². The summed E-state index contributed by atoms with van der Waals surface area (Å²) in [6, 6.07) is 26.6. The summed E-state index contributed by atoms with van der Waals surface area (Å²) in [5, 5.41) is 3.64. The number of hydrogen-bond donors (Lipinski definition) is 1. The van der Waals surface area contributed by atoms with Crippen molar-refractivity contribution in [2.24, 2.45) is 0 Å². The third kappa shape index (κ3) is 3.45. The molecule has 0 fully saturated rings. The van der Waals surface area contributed by atoms with E-state index in [2.05, 4.69) is 36.5 Å². The van der Waals surface area contributed by atoms with Gasteiger partial charge in [0.25, 0.3) is 5.91 Å². The number of hydrogen-bond acceptors (Lipinski definition) is 2. The molecule has 0 bridgehead atoms. The standard InChI is InChI=1S/C24H24N2O/c1-17-12-14-19(15-13-17)24(27)26-18(2)16-22(21-10-6-7-11-23(21)26)25-20-8-4-3-5-9-20/h3-15,18,22,25H,16H2,1-2H3/t18-,22+/m0/s1. The Hall–Kier alpha value is -3.07. The lowest BCUT2D eigenvalue weighted by molar-refractivity contribution is 0.0974. The minimum Gasteiger partial charge on any atom is -0.378 e. The molecule has 3 heteroatoms. The predicted octanol–water partition coefficient (Wildman–Crippen LogP) is 5.59. The zero-order valence-electron chi connectivity index (χ0n) is 15.7. The molecule has 0 aromatic heterocycles. The van der Waals surface area contributed by atoms with E-state index in [0.717, 1.165) is 28.9 Å². The average molecular weight is 356 g/mol. The summed E-state index contributed by atoms with van der Waals surface area (Å²) in [4.78, 5) is 15.2. The van der Waals surface area contributed by atoms with Gasteiger partial charge in [-0.3, -0.25) is 4.79 Å². The summed E-state index contributed by atoms with van der Waals surface area (Å²) < 4.78 is 0. The maximum absolute atomic E-state index is 13.3. The van der Waals surface area contributed by atoms with Crippen LogP contribution in [0.1, 0.15) is 40.9 Å². The Labute approximate surface area is 160 Å². The fourth-order valence-corrected chi connectivity index (χ4v) is 3.83. The molecule has 27 heavy (non-hydrogen) atoms. The maximum atomic E-state index is 13.3. The van der Waals surface area contributed by atoms with Crippen LogP contribution in [0.3, 0.4) is 0 Å². The Morgan fingerprint density at radius 2 is 1.59 bits per heavy atom. The molecule has 4 rings (SSSR count). The van der Waals surface area contributed by atoms with Crippen molar-refractivity contribution in [1.82, 2.24) is 0 Å². The van der Waals surface area contributed by atoms with Gasteiger partial charge >= 0.3 is 0 Å². The van der Waals surface area contributed by atoms with Crippen molar-refractivity contribution >= 4 is 17.3 Å². The maximum Gasteiger partial charge on any atom is 0.258 e.